The number of hydrogen-bond acceptors (Lipinski definition) is 9. The maximum absolute atomic E-state index is 13.1. The van der Waals surface area contributed by atoms with E-state index < -0.39 is 35.1 Å². The van der Waals surface area contributed by atoms with Crippen LogP contribution in [0.3, 0.4) is 0 Å². The fourth-order valence-corrected chi connectivity index (χ4v) is 4.21. The topological polar surface area (TPSA) is 157 Å². The Kier molecular flexibility index (Phi) is 10.2. The van der Waals surface area contributed by atoms with Gasteiger partial charge in [-0.05, 0) is 89.9 Å². The van der Waals surface area contributed by atoms with Crippen molar-refractivity contribution in [3.8, 4) is 12.3 Å². The van der Waals surface area contributed by atoms with Gasteiger partial charge in [-0.3, -0.25) is 19.4 Å². The molecule has 0 aliphatic carbocycles. The Morgan fingerprint density at radius 3 is 2.30 bits per heavy atom. The van der Waals surface area contributed by atoms with E-state index in [1.54, 1.807) is 77.9 Å². The van der Waals surface area contributed by atoms with Crippen LogP contribution in [0.25, 0.3) is 10.9 Å². The average molecular weight is 590 g/mol. The molecule has 3 aromatic rings. The van der Waals surface area contributed by atoms with Crippen LogP contribution >= 0.6 is 0 Å². The number of fused-ring (bicyclic) bond motifs is 1. The Hall–Kier alpha value is -4.85. The third-order valence-electron chi connectivity index (χ3n) is 5.99. The first-order valence-corrected chi connectivity index (χ1v) is 13.9. The largest absolute Gasteiger partial charge is 0.460 e. The second-order valence-corrected chi connectivity index (χ2v) is 12.1. The van der Waals surface area contributed by atoms with Crippen molar-refractivity contribution in [1.82, 2.24) is 15.3 Å². The first-order valence-electron chi connectivity index (χ1n) is 13.9. The number of carbonyl (C=O) groups excluding carboxylic acids is 3. The molecule has 11 heteroatoms. The highest BCUT2D eigenvalue weighted by molar-refractivity contribution is 5.97. The van der Waals surface area contributed by atoms with Crippen molar-refractivity contribution in [3.63, 3.8) is 0 Å². The monoisotopic (exact) mass is 589 g/mol. The van der Waals surface area contributed by atoms with E-state index in [1.807, 2.05) is 11.0 Å². The van der Waals surface area contributed by atoms with Crippen LogP contribution in [0.2, 0.25) is 0 Å². The van der Waals surface area contributed by atoms with Gasteiger partial charge in [0.25, 0.3) is 11.5 Å². The fourth-order valence-electron chi connectivity index (χ4n) is 4.21. The molecule has 0 fully saturated rings. The van der Waals surface area contributed by atoms with Gasteiger partial charge < -0.3 is 25.4 Å². The number of esters is 2. The molecule has 0 unspecified atom stereocenters. The van der Waals surface area contributed by atoms with Gasteiger partial charge in [0.2, 0.25) is 5.95 Å². The van der Waals surface area contributed by atoms with Crippen molar-refractivity contribution in [1.29, 1.82) is 0 Å². The highest BCUT2D eigenvalue weighted by atomic mass is 16.6. The standard InChI is InChI=1S/C32H39N5O6/c1-8-17-37(19-20-9-14-24-23(18-20)28(40)36-30(33)35-24)22-12-10-21(11-13-22)27(39)34-25(29(41)43-32(5,6)7)15-16-26(38)42-31(2,3)4/h1,9-14,18,25H,15-17,19H2,2-7H3,(H,34,39)(H3,33,35,36,40)/t25-/m0/s1. The Morgan fingerprint density at radius 2 is 1.70 bits per heavy atom. The van der Waals surface area contributed by atoms with Crippen LogP contribution in [-0.4, -0.2) is 51.6 Å². The van der Waals surface area contributed by atoms with Crippen molar-refractivity contribution in [2.45, 2.75) is 78.2 Å². The van der Waals surface area contributed by atoms with E-state index >= 15 is 0 Å². The van der Waals surface area contributed by atoms with E-state index in [0.29, 0.717) is 23.0 Å². The van der Waals surface area contributed by atoms with Gasteiger partial charge in [0.1, 0.15) is 17.2 Å². The predicted octanol–water partition coefficient (Wildman–Crippen LogP) is 3.71. The first-order chi connectivity index (χ1) is 20.0. The number of terminal acetylenes is 1. The Morgan fingerprint density at radius 1 is 1.05 bits per heavy atom. The summed E-state index contributed by atoms with van der Waals surface area (Å²) in [5, 5.41) is 3.11. The molecule has 11 nitrogen and oxygen atoms in total. The lowest BCUT2D eigenvalue weighted by Crippen LogP contribution is -2.44. The van der Waals surface area contributed by atoms with Crippen molar-refractivity contribution >= 4 is 40.4 Å². The summed E-state index contributed by atoms with van der Waals surface area (Å²) in [5.41, 5.74) is 6.21. The molecule has 0 bridgehead atoms. The fraction of sp³-hybridized carbons (Fsp3) is 0.406. The quantitative estimate of drug-likeness (QED) is 0.237. The predicted molar refractivity (Wildman–Crippen MR) is 165 cm³/mol. The van der Waals surface area contributed by atoms with Crippen molar-refractivity contribution in [3.05, 3.63) is 63.9 Å². The van der Waals surface area contributed by atoms with E-state index in [9.17, 15) is 19.2 Å². The molecule has 0 radical (unpaired) electrons. The zero-order chi connectivity index (χ0) is 31.9. The van der Waals surface area contributed by atoms with E-state index in [-0.39, 0.29) is 30.9 Å². The molecule has 0 saturated carbocycles. The summed E-state index contributed by atoms with van der Waals surface area (Å²) >= 11 is 0. The minimum absolute atomic E-state index is 0.0142. The molecule has 1 heterocycles. The van der Waals surface area contributed by atoms with Crippen LogP contribution in [0, 0.1) is 12.3 Å². The highest BCUT2D eigenvalue weighted by Gasteiger charge is 2.28. The van der Waals surface area contributed by atoms with E-state index in [4.69, 9.17) is 21.6 Å². The zero-order valence-corrected chi connectivity index (χ0v) is 25.4. The summed E-state index contributed by atoms with van der Waals surface area (Å²) in [4.78, 5) is 59.2. The van der Waals surface area contributed by atoms with E-state index in [0.717, 1.165) is 11.3 Å². The minimum atomic E-state index is -1.06. The maximum atomic E-state index is 13.1. The third kappa shape index (κ3) is 9.88. The lowest BCUT2D eigenvalue weighted by molar-refractivity contribution is -0.158. The van der Waals surface area contributed by atoms with Gasteiger partial charge in [-0.1, -0.05) is 12.0 Å². The number of aromatic nitrogens is 2. The highest BCUT2D eigenvalue weighted by Crippen LogP contribution is 2.21. The van der Waals surface area contributed by atoms with Gasteiger partial charge in [0, 0.05) is 24.2 Å². The summed E-state index contributed by atoms with van der Waals surface area (Å²) in [6.07, 6.45) is 5.57. The lowest BCUT2D eigenvalue weighted by atomic mass is 10.1. The number of amides is 1. The van der Waals surface area contributed by atoms with Gasteiger partial charge >= 0.3 is 11.9 Å². The number of nitrogens with zero attached hydrogens (tertiary/aromatic N) is 2. The summed E-state index contributed by atoms with van der Waals surface area (Å²) < 4.78 is 10.8. The van der Waals surface area contributed by atoms with E-state index in [1.165, 1.54) is 0 Å². The molecule has 0 aliphatic heterocycles. The Labute approximate surface area is 251 Å². The Balaban J connectivity index is 1.75. The Bertz CT molecular complexity index is 1580. The summed E-state index contributed by atoms with van der Waals surface area (Å²) in [6, 6.07) is 11.0. The number of nitrogen functional groups attached to an aromatic ring is 1. The summed E-state index contributed by atoms with van der Waals surface area (Å²) in [5.74, 6) is 1.05. The molecule has 1 atom stereocenters. The van der Waals surface area contributed by atoms with Crippen LogP contribution in [0.5, 0.6) is 0 Å². The number of rotatable bonds is 10. The molecule has 1 aromatic heterocycles. The molecule has 2 aromatic carbocycles. The number of aromatic amines is 1. The third-order valence-corrected chi connectivity index (χ3v) is 5.99. The molecule has 3 rings (SSSR count). The van der Waals surface area contributed by atoms with Gasteiger partial charge in [-0.15, -0.1) is 6.42 Å². The van der Waals surface area contributed by atoms with Crippen LogP contribution < -0.4 is 21.5 Å². The summed E-state index contributed by atoms with van der Waals surface area (Å²) in [6.45, 7) is 11.1. The number of nitrogens with one attached hydrogen (secondary N) is 2. The smallest absolute Gasteiger partial charge is 0.329 e. The van der Waals surface area contributed by atoms with Crippen LogP contribution in [0.4, 0.5) is 11.6 Å². The maximum Gasteiger partial charge on any atom is 0.329 e. The number of hydrogen-bond donors (Lipinski definition) is 3. The van der Waals surface area contributed by atoms with Gasteiger partial charge in [0.15, 0.2) is 0 Å². The van der Waals surface area contributed by atoms with Gasteiger partial charge in [-0.25, -0.2) is 9.78 Å². The van der Waals surface area contributed by atoms with Crippen molar-refractivity contribution in [2.24, 2.45) is 0 Å². The number of anilines is 2. The second-order valence-electron chi connectivity index (χ2n) is 12.1. The number of ether oxygens (including phenoxy) is 2. The molecule has 228 valence electrons. The number of nitrogens with two attached hydrogens (primary N) is 1. The SMILES string of the molecule is C#CCN(Cc1ccc2nc(N)[nH]c(=O)c2c1)c1ccc(C(=O)N[C@@H](CCC(=O)OC(C)(C)C)C(=O)OC(C)(C)C)cc1. The minimum Gasteiger partial charge on any atom is -0.460 e. The molecule has 1 amide bonds. The van der Waals surface area contributed by atoms with Crippen molar-refractivity contribution < 1.29 is 23.9 Å². The first kappa shape index (κ1) is 32.7. The van der Waals surface area contributed by atoms with Crippen LogP contribution in [-0.2, 0) is 25.6 Å². The van der Waals surface area contributed by atoms with Crippen LogP contribution in [0.1, 0.15) is 70.3 Å². The second kappa shape index (κ2) is 13.4. The summed E-state index contributed by atoms with van der Waals surface area (Å²) in [7, 11) is 0. The molecule has 43 heavy (non-hydrogen) atoms. The zero-order valence-electron chi connectivity index (χ0n) is 25.4. The normalized spacial score (nSPS) is 12.2. The van der Waals surface area contributed by atoms with Gasteiger partial charge in [-0.2, -0.15) is 0 Å². The molecule has 0 aliphatic rings. The molecule has 0 saturated heterocycles. The molecular formula is C32H39N5O6. The molecular weight excluding hydrogens is 550 g/mol. The van der Waals surface area contributed by atoms with Gasteiger partial charge in [0.05, 0.1) is 17.4 Å². The lowest BCUT2D eigenvalue weighted by Gasteiger charge is -2.25. The number of benzene rings is 2. The van der Waals surface area contributed by atoms with E-state index in [2.05, 4.69) is 21.2 Å². The van der Waals surface area contributed by atoms with Crippen LogP contribution in [0.15, 0.2) is 47.3 Å². The average Bonchev–Trinajstić information content (AvgIpc) is 2.89. The molecule has 4 N–H and O–H groups in total. The van der Waals surface area contributed by atoms with Crippen molar-refractivity contribution in [2.75, 3.05) is 17.2 Å². The number of H-pyrrole nitrogens is 1. The number of carbonyl (C=O) groups is 3. The molecule has 0 spiro atoms.